The summed E-state index contributed by atoms with van der Waals surface area (Å²) in [6.45, 7) is 7.09. The van der Waals surface area contributed by atoms with E-state index in [9.17, 15) is 14.0 Å². The Hall–Kier alpha value is -3.57. The molecule has 2 N–H and O–H groups in total. The number of ether oxygens (including phenoxy) is 1. The van der Waals surface area contributed by atoms with Gasteiger partial charge < -0.3 is 19.8 Å². The molecule has 6 nitrogen and oxygen atoms in total. The minimum atomic E-state index is -0.742. The first-order valence-corrected chi connectivity index (χ1v) is 8.78. The smallest absolute Gasteiger partial charge is 0.414 e. The topological polar surface area (TPSA) is 85.8 Å². The van der Waals surface area contributed by atoms with Crippen LogP contribution in [0.25, 0.3) is 11.0 Å². The van der Waals surface area contributed by atoms with Crippen molar-refractivity contribution in [1.82, 2.24) is 4.90 Å². The Morgan fingerprint density at radius 1 is 1.41 bits per heavy atom. The van der Waals surface area contributed by atoms with Crippen LogP contribution in [0.1, 0.15) is 18.1 Å². The summed E-state index contributed by atoms with van der Waals surface area (Å²) in [5, 5.41) is 0.409. The average molecular weight is 398 g/mol. The van der Waals surface area contributed by atoms with E-state index < -0.39 is 17.5 Å². The Morgan fingerprint density at radius 3 is 2.69 bits per heavy atom. The Labute approximate surface area is 168 Å². The van der Waals surface area contributed by atoms with Crippen LogP contribution in [0.3, 0.4) is 0 Å². The molecule has 0 aliphatic heterocycles. The largest absolute Gasteiger partial charge is 0.422 e. The fourth-order valence-electron chi connectivity index (χ4n) is 2.54. The zero-order valence-corrected chi connectivity index (χ0v) is 16.8. The standard InChI is InChI=1S/C22H23FN2O4/c1-6-15(9-7-8-13(2)24)10-17-14(3)16-11-18(23)20(29-22(27)25(4)5)12-19(16)28-21(17)26/h7-9,11-12H,1,10,24H2,2-5H3/b9-7-,13-8+. The van der Waals surface area contributed by atoms with E-state index in [1.165, 1.54) is 26.2 Å². The molecule has 1 aromatic heterocycles. The highest BCUT2D eigenvalue weighted by molar-refractivity contribution is 5.83. The third-order valence-electron chi connectivity index (χ3n) is 4.15. The van der Waals surface area contributed by atoms with Crippen LogP contribution in [0.5, 0.6) is 5.75 Å². The maximum Gasteiger partial charge on any atom is 0.414 e. The van der Waals surface area contributed by atoms with Crippen LogP contribution >= 0.6 is 0 Å². The summed E-state index contributed by atoms with van der Waals surface area (Å²) in [5.74, 6) is -1.05. The van der Waals surface area contributed by atoms with Gasteiger partial charge in [-0.3, -0.25) is 0 Å². The number of carbonyl (C=O) groups excluding carboxylic acids is 1. The Bertz CT molecular complexity index is 1120. The Morgan fingerprint density at radius 2 is 2.10 bits per heavy atom. The first-order valence-electron chi connectivity index (χ1n) is 8.78. The summed E-state index contributed by atoms with van der Waals surface area (Å²) in [6.07, 6.45) is 4.63. The SMILES string of the molecule is C=C=C(/C=C\C=C(/C)N)Cc1c(C)c2cc(F)c(OC(=O)N(C)C)cc2oc1=O. The van der Waals surface area contributed by atoms with Crippen LogP contribution in [0, 0.1) is 12.7 Å². The van der Waals surface area contributed by atoms with Gasteiger partial charge in [0.05, 0.1) is 0 Å². The molecule has 0 aliphatic carbocycles. The van der Waals surface area contributed by atoms with E-state index in [2.05, 4.69) is 12.3 Å². The lowest BCUT2D eigenvalue weighted by Gasteiger charge is -2.13. The first kappa shape index (κ1) is 21.7. The highest BCUT2D eigenvalue weighted by Gasteiger charge is 2.18. The van der Waals surface area contributed by atoms with Crippen molar-refractivity contribution < 1.29 is 18.3 Å². The predicted octanol–water partition coefficient (Wildman–Crippen LogP) is 3.97. The number of amides is 1. The molecule has 152 valence electrons. The van der Waals surface area contributed by atoms with Crippen molar-refractivity contribution in [2.45, 2.75) is 20.3 Å². The van der Waals surface area contributed by atoms with Crippen molar-refractivity contribution >= 4 is 17.1 Å². The van der Waals surface area contributed by atoms with Gasteiger partial charge in [-0.15, -0.1) is 5.73 Å². The van der Waals surface area contributed by atoms with Gasteiger partial charge in [-0.25, -0.2) is 14.0 Å². The molecule has 0 saturated heterocycles. The molecular formula is C22H23FN2O4. The second-order valence-corrected chi connectivity index (χ2v) is 6.68. The minimum absolute atomic E-state index is 0.126. The molecular weight excluding hydrogens is 375 g/mol. The second kappa shape index (κ2) is 9.08. The van der Waals surface area contributed by atoms with Crippen molar-refractivity contribution in [3.63, 3.8) is 0 Å². The van der Waals surface area contributed by atoms with Gasteiger partial charge in [-0.05, 0) is 37.1 Å². The molecule has 0 atom stereocenters. The van der Waals surface area contributed by atoms with Crippen molar-refractivity contribution in [1.29, 1.82) is 0 Å². The normalized spacial score (nSPS) is 11.6. The van der Waals surface area contributed by atoms with Crippen molar-refractivity contribution in [2.24, 2.45) is 5.73 Å². The van der Waals surface area contributed by atoms with Gasteiger partial charge >= 0.3 is 11.7 Å². The van der Waals surface area contributed by atoms with Gasteiger partial charge in [0.1, 0.15) is 5.58 Å². The minimum Gasteiger partial charge on any atom is -0.422 e. The summed E-state index contributed by atoms with van der Waals surface area (Å²) in [5.41, 5.74) is 10.1. The summed E-state index contributed by atoms with van der Waals surface area (Å²) in [7, 11) is 2.95. The molecule has 0 spiro atoms. The van der Waals surface area contributed by atoms with Gasteiger partial charge in [-0.1, -0.05) is 18.7 Å². The molecule has 1 heterocycles. The van der Waals surface area contributed by atoms with Crippen molar-refractivity contribution in [3.05, 3.63) is 81.3 Å². The summed E-state index contributed by atoms with van der Waals surface area (Å²) in [6, 6.07) is 2.38. The lowest BCUT2D eigenvalue weighted by atomic mass is 9.99. The zero-order chi connectivity index (χ0) is 21.7. The number of hydrogen-bond acceptors (Lipinski definition) is 5. The van der Waals surface area contributed by atoms with E-state index in [-0.39, 0.29) is 17.8 Å². The number of halogens is 1. The van der Waals surface area contributed by atoms with Gasteiger partial charge in [0.25, 0.3) is 0 Å². The van der Waals surface area contributed by atoms with E-state index >= 15 is 0 Å². The average Bonchev–Trinajstić information content (AvgIpc) is 2.64. The third kappa shape index (κ3) is 5.24. The quantitative estimate of drug-likeness (QED) is 0.468. The molecule has 0 fully saturated rings. The van der Waals surface area contributed by atoms with Crippen LogP contribution in [0.4, 0.5) is 9.18 Å². The number of allylic oxidation sites excluding steroid dienone is 5. The molecule has 2 aromatic rings. The third-order valence-corrected chi connectivity index (χ3v) is 4.15. The lowest BCUT2D eigenvalue weighted by molar-refractivity contribution is 0.170. The Kier molecular flexibility index (Phi) is 6.80. The van der Waals surface area contributed by atoms with E-state index in [4.69, 9.17) is 14.9 Å². The molecule has 7 heteroatoms. The molecule has 0 aliphatic rings. The Balaban J connectivity index is 2.48. The number of benzene rings is 1. The lowest BCUT2D eigenvalue weighted by Crippen LogP contribution is -2.25. The van der Waals surface area contributed by atoms with Gasteiger partial charge in [0, 0.05) is 43.2 Å². The summed E-state index contributed by atoms with van der Waals surface area (Å²) < 4.78 is 24.8. The van der Waals surface area contributed by atoms with E-state index in [1.807, 2.05) is 0 Å². The van der Waals surface area contributed by atoms with Crippen LogP contribution in [-0.4, -0.2) is 25.1 Å². The molecule has 0 saturated carbocycles. The summed E-state index contributed by atoms with van der Waals surface area (Å²) >= 11 is 0. The van der Waals surface area contributed by atoms with E-state index in [0.29, 0.717) is 27.8 Å². The molecule has 0 radical (unpaired) electrons. The number of rotatable bonds is 5. The fourth-order valence-corrected chi connectivity index (χ4v) is 2.54. The molecule has 29 heavy (non-hydrogen) atoms. The molecule has 1 amide bonds. The van der Waals surface area contributed by atoms with E-state index in [1.54, 1.807) is 32.1 Å². The highest BCUT2D eigenvalue weighted by atomic mass is 19.1. The highest BCUT2D eigenvalue weighted by Crippen LogP contribution is 2.28. The van der Waals surface area contributed by atoms with Crippen LogP contribution < -0.4 is 16.1 Å². The molecule has 1 aromatic carbocycles. The molecule has 0 bridgehead atoms. The number of nitrogens with zero attached hydrogens (tertiary/aromatic N) is 1. The number of nitrogens with two attached hydrogens (primary N) is 1. The maximum atomic E-state index is 14.5. The van der Waals surface area contributed by atoms with Gasteiger partial charge in [0.15, 0.2) is 11.6 Å². The van der Waals surface area contributed by atoms with E-state index in [0.717, 1.165) is 4.90 Å². The van der Waals surface area contributed by atoms with Gasteiger partial charge in [-0.2, -0.15) is 0 Å². The first-order chi connectivity index (χ1) is 13.6. The fraction of sp³-hybridized carbons (Fsp3) is 0.227. The summed E-state index contributed by atoms with van der Waals surface area (Å²) in [4.78, 5) is 25.4. The number of carbonyl (C=O) groups is 1. The maximum absolute atomic E-state index is 14.5. The van der Waals surface area contributed by atoms with Crippen LogP contribution in [-0.2, 0) is 6.42 Å². The van der Waals surface area contributed by atoms with Crippen LogP contribution in [0.2, 0.25) is 0 Å². The number of hydrogen-bond donors (Lipinski definition) is 1. The monoisotopic (exact) mass is 398 g/mol. The number of fused-ring (bicyclic) bond motifs is 1. The predicted molar refractivity (Wildman–Crippen MR) is 110 cm³/mol. The zero-order valence-electron chi connectivity index (χ0n) is 16.8. The second-order valence-electron chi connectivity index (χ2n) is 6.68. The molecule has 2 rings (SSSR count). The van der Waals surface area contributed by atoms with Gasteiger partial charge in [0.2, 0.25) is 0 Å². The van der Waals surface area contributed by atoms with Crippen LogP contribution in [0.15, 0.2) is 63.2 Å². The van der Waals surface area contributed by atoms with Crippen molar-refractivity contribution in [3.8, 4) is 5.75 Å². The molecule has 0 unspecified atom stereocenters. The number of aryl methyl sites for hydroxylation is 1. The van der Waals surface area contributed by atoms with Crippen molar-refractivity contribution in [2.75, 3.05) is 14.1 Å².